The third-order valence-electron chi connectivity index (χ3n) is 5.50. The molecule has 2 amide bonds. The summed E-state index contributed by atoms with van der Waals surface area (Å²) in [4.78, 5) is 44.8. The molecule has 1 N–H and O–H groups in total. The fraction of sp³-hybridized carbons (Fsp3) is 0.200. The number of hydrogen-bond donors (Lipinski definition) is 1. The summed E-state index contributed by atoms with van der Waals surface area (Å²) in [7, 11) is 1.55. The van der Waals surface area contributed by atoms with Crippen molar-refractivity contribution in [1.82, 2.24) is 14.5 Å². The molecule has 0 radical (unpaired) electrons. The Labute approximate surface area is 195 Å². The lowest BCUT2D eigenvalue weighted by Crippen LogP contribution is -2.38. The predicted molar refractivity (Wildman–Crippen MR) is 131 cm³/mol. The van der Waals surface area contributed by atoms with Gasteiger partial charge in [-0.15, -0.1) is 11.3 Å². The summed E-state index contributed by atoms with van der Waals surface area (Å²) in [6.45, 7) is 3.52. The predicted octanol–water partition coefficient (Wildman–Crippen LogP) is 3.84. The second kappa shape index (κ2) is 9.38. The van der Waals surface area contributed by atoms with E-state index in [4.69, 9.17) is 0 Å². The van der Waals surface area contributed by atoms with E-state index in [1.165, 1.54) is 27.1 Å². The first kappa shape index (κ1) is 22.4. The van der Waals surface area contributed by atoms with Crippen LogP contribution in [-0.4, -0.2) is 39.9 Å². The molecule has 0 bridgehead atoms. The van der Waals surface area contributed by atoms with E-state index in [0.717, 1.165) is 27.9 Å². The standard InChI is InChI=1S/C25H24N4O3S/c1-16-8-7-9-17(2)23(16)27-20(30)12-28(3)21(31)13-29-15-26-24-22(25(29)32)19(14-33-24)18-10-5-4-6-11-18/h4-11,14-15H,12-13H2,1-3H3,(H,27,30). The number of aromatic nitrogens is 2. The number of rotatable bonds is 6. The van der Waals surface area contributed by atoms with E-state index in [-0.39, 0.29) is 30.5 Å². The third kappa shape index (κ3) is 4.70. The minimum atomic E-state index is -0.355. The van der Waals surface area contributed by atoms with Crippen LogP contribution in [0.5, 0.6) is 0 Å². The van der Waals surface area contributed by atoms with Crippen LogP contribution in [0.2, 0.25) is 0 Å². The molecule has 2 aromatic carbocycles. The van der Waals surface area contributed by atoms with Crippen LogP contribution in [0.3, 0.4) is 0 Å². The average molecular weight is 461 g/mol. The van der Waals surface area contributed by atoms with Gasteiger partial charge in [0.25, 0.3) is 5.56 Å². The SMILES string of the molecule is Cc1cccc(C)c1NC(=O)CN(C)C(=O)Cn1cnc2scc(-c3ccccc3)c2c1=O. The maximum atomic E-state index is 13.2. The Morgan fingerprint density at radius 3 is 2.45 bits per heavy atom. The van der Waals surface area contributed by atoms with Gasteiger partial charge in [0, 0.05) is 23.7 Å². The number of nitrogens with one attached hydrogen (secondary N) is 1. The van der Waals surface area contributed by atoms with Gasteiger partial charge < -0.3 is 10.2 Å². The first-order chi connectivity index (χ1) is 15.8. The highest BCUT2D eigenvalue weighted by Crippen LogP contribution is 2.30. The molecule has 0 saturated carbocycles. The number of nitrogens with zero attached hydrogens (tertiary/aromatic N) is 3. The van der Waals surface area contributed by atoms with Crippen molar-refractivity contribution in [2.45, 2.75) is 20.4 Å². The number of likely N-dealkylation sites (N-methyl/N-ethyl adjacent to an activating group) is 1. The number of carbonyl (C=O) groups is 2. The first-order valence-corrected chi connectivity index (χ1v) is 11.3. The maximum Gasteiger partial charge on any atom is 0.263 e. The molecule has 0 unspecified atom stereocenters. The van der Waals surface area contributed by atoms with Crippen molar-refractivity contribution in [3.63, 3.8) is 0 Å². The van der Waals surface area contributed by atoms with Crippen LogP contribution in [0.4, 0.5) is 5.69 Å². The summed E-state index contributed by atoms with van der Waals surface area (Å²) in [6, 6.07) is 15.4. The lowest BCUT2D eigenvalue weighted by molar-refractivity contribution is -0.133. The Kier molecular flexibility index (Phi) is 6.37. The van der Waals surface area contributed by atoms with Gasteiger partial charge in [0.05, 0.1) is 18.3 Å². The van der Waals surface area contributed by atoms with Gasteiger partial charge in [-0.2, -0.15) is 0 Å². The Morgan fingerprint density at radius 2 is 1.76 bits per heavy atom. The molecule has 0 fully saturated rings. The molecule has 0 aliphatic rings. The smallest absolute Gasteiger partial charge is 0.263 e. The third-order valence-corrected chi connectivity index (χ3v) is 6.39. The molecule has 0 aliphatic heterocycles. The number of benzene rings is 2. The Hall–Kier alpha value is -3.78. The van der Waals surface area contributed by atoms with Crippen LogP contribution in [0.15, 0.2) is 65.0 Å². The topological polar surface area (TPSA) is 84.3 Å². The summed E-state index contributed by atoms with van der Waals surface area (Å²) in [5.74, 6) is -0.653. The van der Waals surface area contributed by atoms with Gasteiger partial charge in [-0.3, -0.25) is 19.0 Å². The fourth-order valence-corrected chi connectivity index (χ4v) is 4.58. The fourth-order valence-electron chi connectivity index (χ4n) is 3.67. The van der Waals surface area contributed by atoms with Gasteiger partial charge in [0.1, 0.15) is 11.4 Å². The second-order valence-corrected chi connectivity index (χ2v) is 8.80. The number of para-hydroxylation sites is 1. The van der Waals surface area contributed by atoms with Crippen molar-refractivity contribution in [1.29, 1.82) is 0 Å². The monoisotopic (exact) mass is 460 g/mol. The Morgan fingerprint density at radius 1 is 1.06 bits per heavy atom. The minimum absolute atomic E-state index is 0.120. The van der Waals surface area contributed by atoms with E-state index in [1.807, 2.05) is 67.8 Å². The zero-order valence-corrected chi connectivity index (χ0v) is 19.5. The zero-order chi connectivity index (χ0) is 23.5. The quantitative estimate of drug-likeness (QED) is 0.474. The van der Waals surface area contributed by atoms with Gasteiger partial charge in [-0.25, -0.2) is 4.98 Å². The lowest BCUT2D eigenvalue weighted by atomic mass is 10.1. The molecule has 2 heterocycles. The molecule has 2 aromatic heterocycles. The van der Waals surface area contributed by atoms with E-state index in [0.29, 0.717) is 10.2 Å². The van der Waals surface area contributed by atoms with Crippen molar-refractivity contribution < 1.29 is 9.59 Å². The number of anilines is 1. The molecule has 0 atom stereocenters. The van der Waals surface area contributed by atoms with Crippen LogP contribution in [0.1, 0.15) is 11.1 Å². The number of carbonyl (C=O) groups excluding carboxylic acids is 2. The molecule has 4 aromatic rings. The first-order valence-electron chi connectivity index (χ1n) is 10.5. The molecular formula is C25H24N4O3S. The van der Waals surface area contributed by atoms with Crippen LogP contribution in [-0.2, 0) is 16.1 Å². The van der Waals surface area contributed by atoms with E-state index >= 15 is 0 Å². The molecule has 168 valence electrons. The molecule has 4 rings (SSSR count). The molecular weight excluding hydrogens is 436 g/mol. The number of thiophene rings is 1. The highest BCUT2D eigenvalue weighted by Gasteiger charge is 2.18. The molecule has 7 nitrogen and oxygen atoms in total. The van der Waals surface area contributed by atoms with Crippen molar-refractivity contribution in [2.75, 3.05) is 18.9 Å². The van der Waals surface area contributed by atoms with Crippen molar-refractivity contribution >= 4 is 39.1 Å². The highest BCUT2D eigenvalue weighted by atomic mass is 32.1. The van der Waals surface area contributed by atoms with Gasteiger partial charge in [0.2, 0.25) is 11.8 Å². The summed E-state index contributed by atoms with van der Waals surface area (Å²) >= 11 is 1.40. The molecule has 0 saturated heterocycles. The summed E-state index contributed by atoms with van der Waals surface area (Å²) < 4.78 is 1.30. The highest BCUT2D eigenvalue weighted by molar-refractivity contribution is 7.17. The van der Waals surface area contributed by atoms with Crippen LogP contribution in [0, 0.1) is 13.8 Å². The van der Waals surface area contributed by atoms with E-state index in [9.17, 15) is 14.4 Å². The minimum Gasteiger partial charge on any atom is -0.335 e. The Balaban J connectivity index is 1.50. The number of amides is 2. The molecule has 0 aliphatic carbocycles. The van der Waals surface area contributed by atoms with E-state index < -0.39 is 0 Å². The number of fused-ring (bicyclic) bond motifs is 1. The second-order valence-electron chi connectivity index (χ2n) is 7.94. The normalized spacial score (nSPS) is 10.9. The van der Waals surface area contributed by atoms with Gasteiger partial charge >= 0.3 is 0 Å². The summed E-state index contributed by atoms with van der Waals surface area (Å²) in [5, 5.41) is 5.28. The van der Waals surface area contributed by atoms with E-state index in [2.05, 4.69) is 10.3 Å². The van der Waals surface area contributed by atoms with E-state index in [1.54, 1.807) is 7.05 Å². The lowest BCUT2D eigenvalue weighted by Gasteiger charge is -2.18. The Bertz CT molecular complexity index is 1370. The average Bonchev–Trinajstić information content (AvgIpc) is 3.24. The van der Waals surface area contributed by atoms with Gasteiger partial charge in [-0.1, -0.05) is 48.5 Å². The van der Waals surface area contributed by atoms with Crippen LogP contribution >= 0.6 is 11.3 Å². The van der Waals surface area contributed by atoms with Crippen LogP contribution < -0.4 is 10.9 Å². The summed E-state index contributed by atoms with van der Waals surface area (Å²) in [6.07, 6.45) is 1.39. The van der Waals surface area contributed by atoms with Crippen molar-refractivity contribution in [3.8, 4) is 11.1 Å². The molecule has 8 heteroatoms. The van der Waals surface area contributed by atoms with Crippen molar-refractivity contribution in [3.05, 3.63) is 81.7 Å². The zero-order valence-electron chi connectivity index (χ0n) is 18.7. The van der Waals surface area contributed by atoms with Gasteiger partial charge in [0.15, 0.2) is 0 Å². The summed E-state index contributed by atoms with van der Waals surface area (Å²) in [5.41, 5.74) is 4.10. The number of aryl methyl sites for hydroxylation is 2. The largest absolute Gasteiger partial charge is 0.335 e. The molecule has 33 heavy (non-hydrogen) atoms. The maximum absolute atomic E-state index is 13.2. The van der Waals surface area contributed by atoms with Gasteiger partial charge in [-0.05, 0) is 30.5 Å². The van der Waals surface area contributed by atoms with Crippen molar-refractivity contribution in [2.24, 2.45) is 0 Å². The number of hydrogen-bond acceptors (Lipinski definition) is 5. The van der Waals surface area contributed by atoms with Crippen LogP contribution in [0.25, 0.3) is 21.3 Å². The molecule has 0 spiro atoms.